The number of hydrogen-bond donors (Lipinski definition) is 1. The summed E-state index contributed by atoms with van der Waals surface area (Å²) >= 11 is 1.34. The second-order valence-corrected chi connectivity index (χ2v) is 10.0. The van der Waals surface area contributed by atoms with Gasteiger partial charge in [0.2, 0.25) is 11.1 Å². The largest absolute Gasteiger partial charge is 0.379 e. The number of thioether (sulfide) groups is 1. The molecule has 2 aromatic heterocycles. The van der Waals surface area contributed by atoms with Crippen molar-refractivity contribution in [2.24, 2.45) is 0 Å². The van der Waals surface area contributed by atoms with Gasteiger partial charge in [-0.25, -0.2) is 4.98 Å². The fourth-order valence-corrected chi connectivity index (χ4v) is 5.09. The first kappa shape index (κ1) is 23.7. The number of hydrogen-bond acceptors (Lipinski definition) is 7. The molecule has 1 N–H and O–H groups in total. The molecular weight excluding hydrogens is 460 g/mol. The van der Waals surface area contributed by atoms with Crippen molar-refractivity contribution in [3.8, 4) is 0 Å². The van der Waals surface area contributed by atoms with Crippen LogP contribution in [0.2, 0.25) is 0 Å². The first-order valence-corrected chi connectivity index (χ1v) is 13.0. The molecule has 1 saturated heterocycles. The van der Waals surface area contributed by atoms with Crippen LogP contribution in [0.1, 0.15) is 18.9 Å². The van der Waals surface area contributed by atoms with Gasteiger partial charge < -0.3 is 14.6 Å². The van der Waals surface area contributed by atoms with Gasteiger partial charge in [-0.3, -0.25) is 9.69 Å². The fourth-order valence-electron chi connectivity index (χ4n) is 4.36. The fraction of sp³-hybridized carbons (Fsp3) is 0.385. The van der Waals surface area contributed by atoms with E-state index in [1.54, 1.807) is 0 Å². The topological polar surface area (TPSA) is 85.2 Å². The molecule has 0 aliphatic carbocycles. The molecule has 182 valence electrons. The van der Waals surface area contributed by atoms with Gasteiger partial charge in [-0.05, 0) is 31.5 Å². The number of benzene rings is 2. The third kappa shape index (κ3) is 5.63. The molecule has 1 fully saturated rings. The molecule has 0 radical (unpaired) electrons. The summed E-state index contributed by atoms with van der Waals surface area (Å²) in [5, 5.41) is 13.1. The number of para-hydroxylation sites is 1. The summed E-state index contributed by atoms with van der Waals surface area (Å²) in [6.45, 7) is 7.72. The van der Waals surface area contributed by atoms with Crippen LogP contribution in [0.25, 0.3) is 22.1 Å². The number of fused-ring (bicyclic) bond motifs is 3. The Bertz CT molecular complexity index is 1290. The van der Waals surface area contributed by atoms with Gasteiger partial charge in [-0.1, -0.05) is 60.3 Å². The van der Waals surface area contributed by atoms with E-state index < -0.39 is 0 Å². The lowest BCUT2D eigenvalue weighted by Gasteiger charge is -2.26. The molecule has 1 unspecified atom stereocenters. The Kier molecular flexibility index (Phi) is 7.56. The van der Waals surface area contributed by atoms with Gasteiger partial charge in [0, 0.05) is 31.6 Å². The van der Waals surface area contributed by atoms with Crippen molar-refractivity contribution in [2.75, 3.05) is 39.4 Å². The molecule has 9 heteroatoms. The monoisotopic (exact) mass is 490 g/mol. The highest BCUT2D eigenvalue weighted by atomic mass is 32.2. The number of rotatable bonds is 9. The number of carbonyl (C=O) groups is 1. The Morgan fingerprint density at radius 2 is 1.86 bits per heavy atom. The number of ether oxygens (including phenoxy) is 1. The normalized spacial score (nSPS) is 15.5. The van der Waals surface area contributed by atoms with E-state index in [4.69, 9.17) is 9.72 Å². The predicted octanol–water partition coefficient (Wildman–Crippen LogP) is 3.35. The maximum Gasteiger partial charge on any atom is 0.233 e. The molecule has 1 aliphatic rings. The zero-order chi connectivity index (χ0) is 24.0. The molecule has 5 rings (SSSR count). The summed E-state index contributed by atoms with van der Waals surface area (Å²) in [5.74, 6) is -0.00879. The van der Waals surface area contributed by atoms with Gasteiger partial charge in [0.1, 0.15) is 5.52 Å². The first-order valence-electron chi connectivity index (χ1n) is 12.1. The number of nitrogens with one attached hydrogen (secondary N) is 1. The smallest absolute Gasteiger partial charge is 0.233 e. The molecule has 1 atom stereocenters. The summed E-state index contributed by atoms with van der Waals surface area (Å²) < 4.78 is 7.56. The van der Waals surface area contributed by atoms with Crippen molar-refractivity contribution < 1.29 is 9.53 Å². The van der Waals surface area contributed by atoms with Crippen LogP contribution in [0.4, 0.5) is 0 Å². The molecule has 2 aromatic carbocycles. The van der Waals surface area contributed by atoms with Crippen LogP contribution in [0.15, 0.2) is 59.8 Å². The number of morpholine rings is 1. The van der Waals surface area contributed by atoms with Gasteiger partial charge in [-0.2, -0.15) is 0 Å². The van der Waals surface area contributed by atoms with Gasteiger partial charge in [0.25, 0.3) is 0 Å². The van der Waals surface area contributed by atoms with Gasteiger partial charge >= 0.3 is 0 Å². The number of aromatic nitrogens is 4. The molecule has 4 aromatic rings. The van der Waals surface area contributed by atoms with E-state index in [9.17, 15) is 4.79 Å². The Morgan fingerprint density at radius 1 is 1.09 bits per heavy atom. The number of nitrogens with zero attached hydrogens (tertiary/aromatic N) is 5. The number of amides is 1. The van der Waals surface area contributed by atoms with Crippen LogP contribution in [0, 0.1) is 0 Å². The van der Waals surface area contributed by atoms with Gasteiger partial charge in [-0.15, -0.1) is 10.2 Å². The molecule has 1 amide bonds. The molecule has 0 bridgehead atoms. The van der Waals surface area contributed by atoms with Crippen molar-refractivity contribution in [1.82, 2.24) is 30.0 Å². The van der Waals surface area contributed by atoms with E-state index in [1.807, 2.05) is 37.3 Å². The summed E-state index contributed by atoms with van der Waals surface area (Å²) in [6, 6.07) is 18.5. The van der Waals surface area contributed by atoms with Crippen LogP contribution in [0.3, 0.4) is 0 Å². The van der Waals surface area contributed by atoms with Crippen LogP contribution in [0.5, 0.6) is 0 Å². The minimum Gasteiger partial charge on any atom is -0.379 e. The van der Waals surface area contributed by atoms with E-state index in [1.165, 1.54) is 17.3 Å². The molecule has 0 spiro atoms. The molecule has 1 aliphatic heterocycles. The van der Waals surface area contributed by atoms with Crippen molar-refractivity contribution in [1.29, 1.82) is 0 Å². The second-order valence-electron chi connectivity index (χ2n) is 8.71. The van der Waals surface area contributed by atoms with Crippen LogP contribution >= 0.6 is 11.8 Å². The Balaban J connectivity index is 1.27. The third-order valence-electron chi connectivity index (χ3n) is 6.24. The quantitative estimate of drug-likeness (QED) is 0.284. The number of carbonyl (C=O) groups excluding carboxylic acids is 1. The van der Waals surface area contributed by atoms with Crippen molar-refractivity contribution in [3.63, 3.8) is 0 Å². The highest BCUT2D eigenvalue weighted by Crippen LogP contribution is 2.29. The lowest BCUT2D eigenvalue weighted by atomic mass is 10.2. The van der Waals surface area contributed by atoms with E-state index in [2.05, 4.69) is 49.2 Å². The lowest BCUT2D eigenvalue weighted by molar-refractivity contribution is -0.120. The molecule has 35 heavy (non-hydrogen) atoms. The second kappa shape index (κ2) is 11.2. The Labute approximate surface area is 209 Å². The summed E-state index contributed by atoms with van der Waals surface area (Å²) in [7, 11) is 0. The van der Waals surface area contributed by atoms with Crippen LogP contribution < -0.4 is 5.32 Å². The SMILES string of the molecule is CC(Sc1nnc2c3ccccc3n(Cc3ccccc3)c2n1)C(=O)NCCCN1CCOCC1. The zero-order valence-corrected chi connectivity index (χ0v) is 20.7. The molecule has 0 saturated carbocycles. The highest BCUT2D eigenvalue weighted by molar-refractivity contribution is 8.00. The van der Waals surface area contributed by atoms with Crippen LogP contribution in [-0.4, -0.2) is 75.2 Å². The lowest BCUT2D eigenvalue weighted by Crippen LogP contribution is -2.38. The van der Waals surface area contributed by atoms with E-state index in [0.717, 1.165) is 61.3 Å². The molecule has 8 nitrogen and oxygen atoms in total. The Morgan fingerprint density at radius 3 is 2.69 bits per heavy atom. The summed E-state index contributed by atoms with van der Waals surface area (Å²) in [5.41, 5.74) is 3.82. The summed E-state index contributed by atoms with van der Waals surface area (Å²) in [6.07, 6.45) is 0.923. The van der Waals surface area contributed by atoms with Gasteiger partial charge in [0.05, 0.1) is 24.0 Å². The standard InChI is InChI=1S/C26H30N6O2S/c1-19(25(33)27-12-7-13-31-14-16-34-17-15-31)35-26-28-24-23(29-30-26)21-10-5-6-11-22(21)32(24)18-20-8-3-2-4-9-20/h2-6,8-11,19H,7,12-18H2,1H3,(H,27,33). The van der Waals surface area contributed by atoms with E-state index in [0.29, 0.717) is 18.2 Å². The third-order valence-corrected chi connectivity index (χ3v) is 7.19. The average molecular weight is 491 g/mol. The van der Waals surface area contributed by atoms with Crippen molar-refractivity contribution in [3.05, 3.63) is 60.2 Å². The minimum atomic E-state index is -0.315. The maximum absolute atomic E-state index is 12.7. The highest BCUT2D eigenvalue weighted by Gasteiger charge is 2.19. The predicted molar refractivity (Wildman–Crippen MR) is 139 cm³/mol. The molecular formula is C26H30N6O2S. The van der Waals surface area contributed by atoms with Crippen molar-refractivity contribution in [2.45, 2.75) is 30.3 Å². The minimum absolute atomic E-state index is 0.00879. The van der Waals surface area contributed by atoms with E-state index in [-0.39, 0.29) is 11.2 Å². The van der Waals surface area contributed by atoms with Crippen LogP contribution in [-0.2, 0) is 16.1 Å². The Hall–Kier alpha value is -3.01. The maximum atomic E-state index is 12.7. The average Bonchev–Trinajstić information content (AvgIpc) is 3.20. The van der Waals surface area contributed by atoms with Crippen molar-refractivity contribution >= 4 is 39.7 Å². The summed E-state index contributed by atoms with van der Waals surface area (Å²) in [4.78, 5) is 19.9. The first-order chi connectivity index (χ1) is 17.2. The molecule has 3 heterocycles. The van der Waals surface area contributed by atoms with E-state index >= 15 is 0 Å². The van der Waals surface area contributed by atoms with Gasteiger partial charge in [0.15, 0.2) is 5.65 Å². The zero-order valence-electron chi connectivity index (χ0n) is 19.9.